The Hall–Kier alpha value is -6.66. The Bertz CT molecular complexity index is 2820. The van der Waals surface area contributed by atoms with Crippen molar-refractivity contribution in [3.8, 4) is 22.5 Å². The van der Waals surface area contributed by atoms with Crippen LogP contribution >= 0.6 is 23.5 Å². The predicted molar refractivity (Wildman–Crippen MR) is 247 cm³/mol. The van der Waals surface area contributed by atoms with E-state index in [1.54, 1.807) is 32.9 Å². The Labute approximate surface area is 379 Å². The van der Waals surface area contributed by atoms with Crippen LogP contribution in [0.25, 0.3) is 33.8 Å². The Morgan fingerprint density at radius 3 is 1.70 bits per heavy atom. The minimum atomic E-state index is -0.441. The normalized spacial score (nSPS) is 12.2. The van der Waals surface area contributed by atoms with Crippen molar-refractivity contribution >= 4 is 47.0 Å². The highest BCUT2D eigenvalue weighted by Crippen LogP contribution is 2.31. The van der Waals surface area contributed by atoms with Crippen molar-refractivity contribution in [3.63, 3.8) is 0 Å². The lowest BCUT2D eigenvalue weighted by Gasteiger charge is -2.22. The number of fused-ring (bicyclic) bond motifs is 2. The average Bonchev–Trinajstić information content (AvgIpc) is 3.63. The summed E-state index contributed by atoms with van der Waals surface area (Å²) >= 11 is 3.12. The molecule has 6 heterocycles. The zero-order valence-electron chi connectivity index (χ0n) is 36.2. The molecule has 1 N–H and O–H groups in total. The topological polar surface area (TPSA) is 164 Å². The van der Waals surface area contributed by atoms with Crippen LogP contribution < -0.4 is 5.32 Å². The number of benzene rings is 2. The second-order valence-corrected chi connectivity index (χ2v) is 17.0. The number of alkyl carbamates (subject to hydrolysis) is 1. The van der Waals surface area contributed by atoms with Crippen LogP contribution in [0.4, 0.5) is 9.59 Å². The smallest absolute Gasteiger partial charge is 0.410 e. The van der Waals surface area contributed by atoms with E-state index in [2.05, 4.69) is 34.9 Å². The Kier molecular flexibility index (Phi) is 14.2. The zero-order valence-corrected chi connectivity index (χ0v) is 37.8. The van der Waals surface area contributed by atoms with Gasteiger partial charge in [-0.3, -0.25) is 18.2 Å². The van der Waals surface area contributed by atoms with Gasteiger partial charge in [-0.25, -0.2) is 29.5 Å². The highest BCUT2D eigenvalue weighted by Gasteiger charge is 2.28. The maximum absolute atomic E-state index is 12.9. The van der Waals surface area contributed by atoms with Crippen molar-refractivity contribution < 1.29 is 19.1 Å². The number of imidazole rings is 2. The summed E-state index contributed by atoms with van der Waals surface area (Å²) in [5.41, 5.74) is 9.25. The maximum Gasteiger partial charge on any atom is 0.410 e. The highest BCUT2D eigenvalue weighted by atomic mass is 32.2. The summed E-state index contributed by atoms with van der Waals surface area (Å²) in [6, 6.07) is 19.4. The van der Waals surface area contributed by atoms with Crippen LogP contribution in [0.1, 0.15) is 35.4 Å². The Morgan fingerprint density at radius 2 is 1.22 bits per heavy atom. The van der Waals surface area contributed by atoms with Gasteiger partial charge in [0.1, 0.15) is 23.3 Å². The summed E-state index contributed by atoms with van der Waals surface area (Å²) in [5.74, 6) is 0.576. The van der Waals surface area contributed by atoms with E-state index < -0.39 is 6.09 Å². The largest absolute Gasteiger partial charge is 0.445 e. The molecule has 1 saturated carbocycles. The first-order chi connectivity index (χ1) is 31.2. The van der Waals surface area contributed by atoms with E-state index in [0.29, 0.717) is 31.8 Å². The van der Waals surface area contributed by atoms with Crippen LogP contribution in [0.2, 0.25) is 0 Å². The summed E-state index contributed by atoms with van der Waals surface area (Å²) in [4.78, 5) is 45.3. The van der Waals surface area contributed by atoms with E-state index in [1.165, 1.54) is 12.8 Å². The fourth-order valence-corrected chi connectivity index (χ4v) is 8.15. The lowest BCUT2D eigenvalue weighted by atomic mass is 10.2. The third-order valence-electron chi connectivity index (χ3n) is 10.6. The molecule has 9 rings (SSSR count). The third-order valence-corrected chi connectivity index (χ3v) is 11.9. The van der Waals surface area contributed by atoms with Gasteiger partial charge in [-0.15, -0.1) is 23.5 Å². The van der Waals surface area contributed by atoms with Gasteiger partial charge in [-0.2, -0.15) is 10.2 Å². The van der Waals surface area contributed by atoms with E-state index >= 15 is 0 Å². The number of nitrogens with one attached hydrogen (secondary N) is 1. The second-order valence-electron chi connectivity index (χ2n) is 15.4. The monoisotopic (exact) mass is 898 g/mol. The molecule has 18 heteroatoms. The van der Waals surface area contributed by atoms with Gasteiger partial charge in [0, 0.05) is 82.5 Å². The lowest BCUT2D eigenvalue weighted by molar-refractivity contribution is 0.0947. The summed E-state index contributed by atoms with van der Waals surface area (Å²) < 4.78 is 18.5. The standard InChI is InChI=1S/C25H28N6O2S.C21H22N6O2S/c1-29-15-20(12-27-29)22-13-26-23-24(34-2)28-21(16-31(22)23)10-11-30(14-18-8-9-18)25(32)33-17-19-6-4-3-5-7-19;1-26-12-16(10-24-26)18-11-23-19-20(30-2)25-17(13-27(18)19)8-9-22-21(28)29-14-15-6-4-3-5-7-15/h3-7,12-13,15-16,18H,8-11,14,17H2,1-2H3;3-7,10-13H,8-9,14H2,1-2H3,(H,22,28). The van der Waals surface area contributed by atoms with Crippen molar-refractivity contribution in [2.75, 3.05) is 32.1 Å². The molecule has 2 amide bonds. The molecular formula is C46H50N12O4S2. The molecule has 0 atom stereocenters. The number of carbonyl (C=O) groups excluding carboxylic acids is 2. The number of thioether (sulfide) groups is 2. The number of rotatable bonds is 16. The molecule has 1 fully saturated rings. The lowest BCUT2D eigenvalue weighted by Crippen LogP contribution is -2.35. The van der Waals surface area contributed by atoms with Crippen LogP contribution in [-0.2, 0) is 49.6 Å². The summed E-state index contributed by atoms with van der Waals surface area (Å²) in [7, 11) is 3.79. The van der Waals surface area contributed by atoms with Gasteiger partial charge < -0.3 is 19.7 Å². The number of hydrogen-bond donors (Lipinski definition) is 1. The molecule has 0 aliphatic heterocycles. The average molecular weight is 899 g/mol. The van der Waals surface area contributed by atoms with Gasteiger partial charge in [0.05, 0.1) is 47.6 Å². The number of amides is 2. The first kappa shape index (κ1) is 44.0. The van der Waals surface area contributed by atoms with E-state index in [1.807, 2.05) is 146 Å². The molecule has 0 bridgehead atoms. The molecule has 0 radical (unpaired) electrons. The molecule has 0 saturated heterocycles. The van der Waals surface area contributed by atoms with Crippen LogP contribution in [0.15, 0.2) is 120 Å². The number of nitrogens with zero attached hydrogens (tertiary/aromatic N) is 11. The van der Waals surface area contributed by atoms with Crippen LogP contribution in [-0.4, -0.2) is 97.5 Å². The molecule has 0 unspecified atom stereocenters. The predicted octanol–water partition coefficient (Wildman–Crippen LogP) is 7.76. The van der Waals surface area contributed by atoms with Gasteiger partial charge >= 0.3 is 12.2 Å². The fourth-order valence-electron chi connectivity index (χ4n) is 7.06. The van der Waals surface area contributed by atoms with E-state index in [-0.39, 0.29) is 19.3 Å². The van der Waals surface area contributed by atoms with Gasteiger partial charge in [-0.05, 0) is 42.4 Å². The van der Waals surface area contributed by atoms with Crippen LogP contribution in [0, 0.1) is 5.92 Å². The molecule has 64 heavy (non-hydrogen) atoms. The molecule has 1 aliphatic carbocycles. The molecular weight excluding hydrogens is 849 g/mol. The number of carbonyl (C=O) groups is 2. The van der Waals surface area contributed by atoms with Crippen molar-refractivity contribution in [2.45, 2.75) is 48.9 Å². The third kappa shape index (κ3) is 11.1. The summed E-state index contributed by atoms with van der Waals surface area (Å²) in [6.07, 6.45) is 22.1. The minimum Gasteiger partial charge on any atom is -0.445 e. The van der Waals surface area contributed by atoms with Crippen LogP contribution in [0.5, 0.6) is 0 Å². The number of ether oxygens (including phenoxy) is 2. The fraction of sp³-hybridized carbons (Fsp3) is 0.304. The van der Waals surface area contributed by atoms with Crippen molar-refractivity contribution in [3.05, 3.63) is 133 Å². The summed E-state index contributed by atoms with van der Waals surface area (Å²) in [6.45, 7) is 2.25. The number of hydrogen-bond acceptors (Lipinski definition) is 12. The molecule has 1 aliphatic rings. The Morgan fingerprint density at radius 1 is 0.703 bits per heavy atom. The highest BCUT2D eigenvalue weighted by molar-refractivity contribution is 7.98. The van der Waals surface area contributed by atoms with E-state index in [4.69, 9.17) is 14.5 Å². The first-order valence-corrected chi connectivity index (χ1v) is 23.4. The number of aryl methyl sites for hydroxylation is 2. The van der Waals surface area contributed by atoms with Gasteiger partial charge in [0.2, 0.25) is 0 Å². The molecule has 2 aromatic carbocycles. The SMILES string of the molecule is CSc1nc(CCN(CC2CC2)C(=O)OCc2ccccc2)cn2c(-c3cnn(C)c3)cnc12.CSc1nc(CCNC(=O)OCc2ccccc2)cn2c(-c3cnn(C)c3)cnc12. The van der Waals surface area contributed by atoms with Gasteiger partial charge in [0.25, 0.3) is 0 Å². The molecule has 6 aromatic heterocycles. The van der Waals surface area contributed by atoms with Crippen molar-refractivity contribution in [1.29, 1.82) is 0 Å². The Balaban J connectivity index is 0.000000176. The van der Waals surface area contributed by atoms with Crippen LogP contribution in [0.3, 0.4) is 0 Å². The quantitative estimate of drug-likeness (QED) is 0.0940. The minimum absolute atomic E-state index is 0.247. The molecule has 330 valence electrons. The maximum atomic E-state index is 12.9. The second kappa shape index (κ2) is 20.7. The van der Waals surface area contributed by atoms with Gasteiger partial charge in [-0.1, -0.05) is 60.7 Å². The zero-order chi connectivity index (χ0) is 44.4. The van der Waals surface area contributed by atoms with Gasteiger partial charge in [0.15, 0.2) is 11.3 Å². The van der Waals surface area contributed by atoms with E-state index in [9.17, 15) is 9.59 Å². The number of aromatic nitrogens is 10. The van der Waals surface area contributed by atoms with Crippen molar-refractivity contribution in [2.24, 2.45) is 20.0 Å². The summed E-state index contributed by atoms with van der Waals surface area (Å²) in [5, 5.41) is 13.0. The molecule has 0 spiro atoms. The molecule has 8 aromatic rings. The molecule has 16 nitrogen and oxygen atoms in total. The van der Waals surface area contributed by atoms with E-state index in [0.717, 1.165) is 72.9 Å². The van der Waals surface area contributed by atoms with Crippen molar-refractivity contribution in [1.82, 2.24) is 58.5 Å². The first-order valence-electron chi connectivity index (χ1n) is 20.9.